The van der Waals surface area contributed by atoms with Crippen LogP contribution in [0.3, 0.4) is 0 Å². The molecule has 0 radical (unpaired) electrons. The van der Waals surface area contributed by atoms with Gasteiger partial charge in [0.15, 0.2) is 0 Å². The van der Waals surface area contributed by atoms with E-state index in [2.05, 4.69) is 0 Å². The van der Waals surface area contributed by atoms with Crippen molar-refractivity contribution in [3.05, 3.63) is 77.9 Å². The zero-order chi connectivity index (χ0) is 12.1. The first-order valence-corrected chi connectivity index (χ1v) is 5.60. The van der Waals surface area contributed by atoms with Gasteiger partial charge in [0.1, 0.15) is 0 Å². The monoisotopic (exact) mass is 224 g/mol. The van der Waals surface area contributed by atoms with Gasteiger partial charge in [0.25, 0.3) is 0 Å². The second-order valence-corrected chi connectivity index (χ2v) is 3.92. The van der Waals surface area contributed by atoms with E-state index >= 15 is 0 Å². The first-order chi connectivity index (χ1) is 8.27. The lowest BCUT2D eigenvalue weighted by molar-refractivity contribution is 0.911. The largest absolute Gasteiger partial charge is 0.398 e. The first kappa shape index (κ1) is 11.4. The minimum absolute atomic E-state index is 0.170. The topological polar surface area (TPSA) is 52.0 Å². The Kier molecular flexibility index (Phi) is 3.58. The molecule has 1 unspecified atom stereocenters. The van der Waals surface area contributed by atoms with Crippen molar-refractivity contribution in [2.24, 2.45) is 11.5 Å². The van der Waals surface area contributed by atoms with Crippen molar-refractivity contribution in [3.8, 4) is 0 Å². The summed E-state index contributed by atoms with van der Waals surface area (Å²) >= 11 is 0. The summed E-state index contributed by atoms with van der Waals surface area (Å²) in [5.74, 6) is 0. The average Bonchev–Trinajstić information content (AvgIpc) is 2.40. The Morgan fingerprint density at radius 2 is 1.41 bits per heavy atom. The van der Waals surface area contributed by atoms with Crippen LogP contribution in [0.5, 0.6) is 0 Å². The van der Waals surface area contributed by atoms with Crippen LogP contribution in [0.25, 0.3) is 5.70 Å². The molecule has 0 amide bonds. The lowest BCUT2D eigenvalue weighted by atomic mass is 10.0. The van der Waals surface area contributed by atoms with E-state index in [4.69, 9.17) is 11.5 Å². The fraction of sp³-hybridized carbons (Fsp3) is 0.0667. The van der Waals surface area contributed by atoms with E-state index in [1.54, 1.807) is 0 Å². The minimum Gasteiger partial charge on any atom is -0.398 e. The normalized spacial score (nSPS) is 13.4. The Labute approximate surface area is 102 Å². The Bertz CT molecular complexity index is 489. The van der Waals surface area contributed by atoms with Crippen LogP contribution in [0.4, 0.5) is 0 Å². The average molecular weight is 224 g/mol. The second-order valence-electron chi connectivity index (χ2n) is 3.92. The highest BCUT2D eigenvalue weighted by molar-refractivity contribution is 5.63. The van der Waals surface area contributed by atoms with E-state index in [9.17, 15) is 0 Å². The van der Waals surface area contributed by atoms with E-state index in [0.717, 1.165) is 11.1 Å². The Hall–Kier alpha value is -2.06. The smallest absolute Gasteiger partial charge is 0.0504 e. The Morgan fingerprint density at radius 1 is 0.882 bits per heavy atom. The fourth-order valence-electron chi connectivity index (χ4n) is 1.69. The molecule has 0 aliphatic carbocycles. The van der Waals surface area contributed by atoms with Crippen molar-refractivity contribution >= 4 is 5.70 Å². The predicted octanol–water partition coefficient (Wildman–Crippen LogP) is 2.69. The van der Waals surface area contributed by atoms with Gasteiger partial charge in [0, 0.05) is 5.70 Å². The van der Waals surface area contributed by atoms with E-state index in [1.165, 1.54) is 0 Å². The van der Waals surface area contributed by atoms with Gasteiger partial charge in [0.05, 0.1) is 6.04 Å². The third kappa shape index (κ3) is 2.95. The van der Waals surface area contributed by atoms with E-state index in [1.807, 2.05) is 66.7 Å². The molecule has 0 saturated heterocycles. The molecule has 1 atom stereocenters. The molecule has 2 aromatic rings. The van der Waals surface area contributed by atoms with Crippen LogP contribution in [-0.2, 0) is 0 Å². The highest BCUT2D eigenvalue weighted by atomic mass is 14.6. The summed E-state index contributed by atoms with van der Waals surface area (Å²) in [6.07, 6.45) is 1.88. The number of nitrogens with two attached hydrogens (primary N) is 2. The van der Waals surface area contributed by atoms with Crippen molar-refractivity contribution in [2.75, 3.05) is 0 Å². The molecule has 0 aliphatic rings. The van der Waals surface area contributed by atoms with Gasteiger partial charge >= 0.3 is 0 Å². The maximum absolute atomic E-state index is 6.08. The molecule has 0 spiro atoms. The summed E-state index contributed by atoms with van der Waals surface area (Å²) in [4.78, 5) is 0. The zero-order valence-electron chi connectivity index (χ0n) is 9.58. The highest BCUT2D eigenvalue weighted by Crippen LogP contribution is 2.16. The summed E-state index contributed by atoms with van der Waals surface area (Å²) in [6.45, 7) is 0. The molecular weight excluding hydrogens is 208 g/mol. The summed E-state index contributed by atoms with van der Waals surface area (Å²) in [6, 6.07) is 19.6. The standard InChI is InChI=1S/C15H16N2/c16-14(12-7-3-1-4-8-12)11-15(17)13-9-5-2-6-10-13/h1-11,14H,16-17H2/b15-11-. The van der Waals surface area contributed by atoms with Gasteiger partial charge in [-0.3, -0.25) is 0 Å². The van der Waals surface area contributed by atoms with E-state index in [0.29, 0.717) is 5.70 Å². The molecular formula is C15H16N2. The maximum atomic E-state index is 6.08. The number of benzene rings is 2. The number of rotatable bonds is 3. The van der Waals surface area contributed by atoms with Gasteiger partial charge in [-0.1, -0.05) is 60.7 Å². The van der Waals surface area contributed by atoms with Crippen molar-refractivity contribution in [1.29, 1.82) is 0 Å². The van der Waals surface area contributed by atoms with E-state index < -0.39 is 0 Å². The van der Waals surface area contributed by atoms with Gasteiger partial charge in [-0.05, 0) is 17.2 Å². The van der Waals surface area contributed by atoms with Crippen LogP contribution in [0, 0.1) is 0 Å². The fourth-order valence-corrected chi connectivity index (χ4v) is 1.69. The molecule has 17 heavy (non-hydrogen) atoms. The van der Waals surface area contributed by atoms with E-state index in [-0.39, 0.29) is 6.04 Å². The van der Waals surface area contributed by atoms with Crippen LogP contribution >= 0.6 is 0 Å². The van der Waals surface area contributed by atoms with Gasteiger partial charge < -0.3 is 11.5 Å². The molecule has 2 heteroatoms. The Morgan fingerprint density at radius 3 is 2.00 bits per heavy atom. The number of hydrogen-bond acceptors (Lipinski definition) is 2. The Balaban J connectivity index is 2.20. The van der Waals surface area contributed by atoms with Crippen molar-refractivity contribution in [1.82, 2.24) is 0 Å². The van der Waals surface area contributed by atoms with Crippen LogP contribution in [0.2, 0.25) is 0 Å². The molecule has 2 nitrogen and oxygen atoms in total. The summed E-state index contributed by atoms with van der Waals surface area (Å²) < 4.78 is 0. The molecule has 4 N–H and O–H groups in total. The molecule has 2 rings (SSSR count). The third-order valence-corrected chi connectivity index (χ3v) is 2.65. The van der Waals surface area contributed by atoms with Gasteiger partial charge in [-0.2, -0.15) is 0 Å². The highest BCUT2D eigenvalue weighted by Gasteiger charge is 2.03. The van der Waals surface area contributed by atoms with Crippen LogP contribution in [0.1, 0.15) is 17.2 Å². The van der Waals surface area contributed by atoms with Gasteiger partial charge in [0.2, 0.25) is 0 Å². The van der Waals surface area contributed by atoms with Crippen LogP contribution in [0.15, 0.2) is 66.7 Å². The molecule has 0 saturated carbocycles. The van der Waals surface area contributed by atoms with Crippen molar-refractivity contribution in [3.63, 3.8) is 0 Å². The summed E-state index contributed by atoms with van der Waals surface area (Å²) in [5.41, 5.74) is 14.9. The quantitative estimate of drug-likeness (QED) is 0.842. The molecule has 0 fully saturated rings. The molecule has 0 aliphatic heterocycles. The van der Waals surface area contributed by atoms with Crippen molar-refractivity contribution < 1.29 is 0 Å². The summed E-state index contributed by atoms with van der Waals surface area (Å²) in [5, 5.41) is 0. The van der Waals surface area contributed by atoms with Crippen molar-refractivity contribution in [2.45, 2.75) is 6.04 Å². The molecule has 0 heterocycles. The zero-order valence-corrected chi connectivity index (χ0v) is 9.58. The van der Waals surface area contributed by atoms with Gasteiger partial charge in [-0.15, -0.1) is 0 Å². The predicted molar refractivity (Wildman–Crippen MR) is 72.0 cm³/mol. The number of hydrogen-bond donors (Lipinski definition) is 2. The van der Waals surface area contributed by atoms with Gasteiger partial charge in [-0.25, -0.2) is 0 Å². The third-order valence-electron chi connectivity index (χ3n) is 2.65. The maximum Gasteiger partial charge on any atom is 0.0504 e. The molecule has 86 valence electrons. The molecule has 0 bridgehead atoms. The lowest BCUT2D eigenvalue weighted by Gasteiger charge is -2.09. The summed E-state index contributed by atoms with van der Waals surface area (Å²) in [7, 11) is 0. The minimum atomic E-state index is -0.170. The SMILES string of the molecule is N/C(=C\C(N)c1ccccc1)c1ccccc1. The second kappa shape index (κ2) is 5.32. The van der Waals surface area contributed by atoms with Crippen LogP contribution in [-0.4, -0.2) is 0 Å². The molecule has 0 aromatic heterocycles. The first-order valence-electron chi connectivity index (χ1n) is 5.60. The molecule has 2 aromatic carbocycles. The lowest BCUT2D eigenvalue weighted by Crippen LogP contribution is -2.09. The van der Waals surface area contributed by atoms with Crippen LogP contribution < -0.4 is 11.5 Å².